The third-order valence-electron chi connectivity index (χ3n) is 3.28. The van der Waals surface area contributed by atoms with Crippen LogP contribution in [0.5, 0.6) is 0 Å². The van der Waals surface area contributed by atoms with Crippen LogP contribution in [0.15, 0.2) is 22.7 Å². The molecule has 3 N–H and O–H groups in total. The van der Waals surface area contributed by atoms with Crippen LogP contribution in [-0.2, 0) is 0 Å². The van der Waals surface area contributed by atoms with Crippen molar-refractivity contribution in [2.45, 2.75) is 31.7 Å². The molecule has 1 fully saturated rings. The van der Waals surface area contributed by atoms with Crippen molar-refractivity contribution in [2.75, 3.05) is 0 Å². The van der Waals surface area contributed by atoms with E-state index >= 15 is 0 Å². The van der Waals surface area contributed by atoms with Crippen LogP contribution in [0.4, 0.5) is 4.39 Å². The first-order valence-electron chi connectivity index (χ1n) is 5.61. The predicted molar refractivity (Wildman–Crippen MR) is 66.1 cm³/mol. The van der Waals surface area contributed by atoms with E-state index in [9.17, 15) is 4.39 Å². The summed E-state index contributed by atoms with van der Waals surface area (Å²) in [4.78, 5) is 0. The highest BCUT2D eigenvalue weighted by atomic mass is 79.9. The van der Waals surface area contributed by atoms with E-state index in [0.29, 0.717) is 0 Å². The molecule has 0 aromatic heterocycles. The first kappa shape index (κ1) is 12.0. The molecule has 4 heteroatoms. The Kier molecular flexibility index (Phi) is 3.95. The van der Waals surface area contributed by atoms with Gasteiger partial charge < -0.3 is 0 Å². The minimum atomic E-state index is -0.224. The van der Waals surface area contributed by atoms with Crippen LogP contribution >= 0.6 is 15.9 Å². The zero-order valence-electron chi connectivity index (χ0n) is 9.05. The van der Waals surface area contributed by atoms with Crippen molar-refractivity contribution in [3.63, 3.8) is 0 Å². The van der Waals surface area contributed by atoms with Gasteiger partial charge in [-0.25, -0.2) is 4.39 Å². The van der Waals surface area contributed by atoms with Gasteiger partial charge >= 0.3 is 0 Å². The van der Waals surface area contributed by atoms with Gasteiger partial charge in [0.25, 0.3) is 0 Å². The van der Waals surface area contributed by atoms with Crippen molar-refractivity contribution in [1.82, 2.24) is 5.43 Å². The fourth-order valence-electron chi connectivity index (χ4n) is 2.14. The smallest absolute Gasteiger partial charge is 0.124 e. The molecule has 0 bridgehead atoms. The second-order valence-electron chi connectivity index (χ2n) is 4.45. The molecule has 1 unspecified atom stereocenters. The van der Waals surface area contributed by atoms with E-state index in [-0.39, 0.29) is 11.9 Å². The van der Waals surface area contributed by atoms with Crippen molar-refractivity contribution in [3.8, 4) is 0 Å². The minimum Gasteiger partial charge on any atom is -0.271 e. The van der Waals surface area contributed by atoms with Gasteiger partial charge in [-0.3, -0.25) is 11.3 Å². The van der Waals surface area contributed by atoms with Crippen LogP contribution in [0.2, 0.25) is 0 Å². The van der Waals surface area contributed by atoms with Crippen molar-refractivity contribution < 1.29 is 4.39 Å². The van der Waals surface area contributed by atoms with Gasteiger partial charge in [0.1, 0.15) is 5.82 Å². The summed E-state index contributed by atoms with van der Waals surface area (Å²) in [7, 11) is 0. The molecule has 0 radical (unpaired) electrons. The zero-order chi connectivity index (χ0) is 11.5. The molecule has 0 amide bonds. The lowest BCUT2D eigenvalue weighted by molar-refractivity contribution is 0.261. The van der Waals surface area contributed by atoms with E-state index in [1.165, 1.54) is 25.3 Å². The van der Waals surface area contributed by atoms with E-state index < -0.39 is 0 Å². The minimum absolute atomic E-state index is 0.0531. The molecule has 1 aromatic rings. The normalized spacial score (nSPS) is 18.2. The van der Waals surface area contributed by atoms with Crippen LogP contribution in [0.25, 0.3) is 0 Å². The van der Waals surface area contributed by atoms with Crippen molar-refractivity contribution in [3.05, 3.63) is 34.1 Å². The fourth-order valence-corrected chi connectivity index (χ4v) is 2.62. The van der Waals surface area contributed by atoms with E-state index in [0.717, 1.165) is 22.4 Å². The van der Waals surface area contributed by atoms with Gasteiger partial charge in [-0.15, -0.1) is 0 Å². The summed E-state index contributed by atoms with van der Waals surface area (Å²) in [6.45, 7) is 0. The summed E-state index contributed by atoms with van der Waals surface area (Å²) < 4.78 is 14.0. The lowest BCUT2D eigenvalue weighted by Gasteiger charge is -2.29. The standard InChI is InChI=1S/C12H16BrFN2/c13-10-5-9(6-11(14)7-10)12(16-15)4-8-2-1-3-8/h5-8,12,16H,1-4,15H2. The molecular weight excluding hydrogens is 271 g/mol. The summed E-state index contributed by atoms with van der Waals surface area (Å²) in [5.41, 5.74) is 3.70. The van der Waals surface area contributed by atoms with E-state index in [1.54, 1.807) is 6.07 Å². The average Bonchev–Trinajstić information content (AvgIpc) is 2.14. The van der Waals surface area contributed by atoms with E-state index in [1.807, 2.05) is 6.07 Å². The van der Waals surface area contributed by atoms with Crippen LogP contribution in [0.3, 0.4) is 0 Å². The molecule has 1 atom stereocenters. The number of hydrazine groups is 1. The molecule has 2 rings (SSSR count). The lowest BCUT2D eigenvalue weighted by Crippen LogP contribution is -2.31. The first-order chi connectivity index (χ1) is 7.69. The topological polar surface area (TPSA) is 38.0 Å². The maximum Gasteiger partial charge on any atom is 0.124 e. The Bertz CT molecular complexity index is 346. The van der Waals surface area contributed by atoms with Gasteiger partial charge in [0.15, 0.2) is 0 Å². The summed E-state index contributed by atoms with van der Waals surface area (Å²) in [5.74, 6) is 6.06. The van der Waals surface area contributed by atoms with Crippen LogP contribution in [0.1, 0.15) is 37.3 Å². The second kappa shape index (κ2) is 5.25. The number of nitrogens with one attached hydrogen (secondary N) is 1. The molecule has 2 nitrogen and oxygen atoms in total. The van der Waals surface area contributed by atoms with Crippen LogP contribution in [-0.4, -0.2) is 0 Å². The highest BCUT2D eigenvalue weighted by Crippen LogP contribution is 2.35. The molecule has 0 aliphatic heterocycles. The summed E-state index contributed by atoms with van der Waals surface area (Å²) in [6, 6.07) is 4.98. The first-order valence-corrected chi connectivity index (χ1v) is 6.40. The summed E-state index contributed by atoms with van der Waals surface area (Å²) in [6.07, 6.45) is 4.85. The molecular formula is C12H16BrFN2. The van der Waals surface area contributed by atoms with Crippen LogP contribution < -0.4 is 11.3 Å². The maximum atomic E-state index is 13.3. The Morgan fingerprint density at radius 3 is 2.69 bits per heavy atom. The third kappa shape index (κ3) is 2.81. The molecule has 16 heavy (non-hydrogen) atoms. The molecule has 1 aliphatic carbocycles. The Hall–Kier alpha value is -0.450. The van der Waals surface area contributed by atoms with Gasteiger partial charge in [0.05, 0.1) is 0 Å². The van der Waals surface area contributed by atoms with Gasteiger partial charge in [-0.2, -0.15) is 0 Å². The number of rotatable bonds is 4. The molecule has 1 aliphatic rings. The molecule has 88 valence electrons. The van der Waals surface area contributed by atoms with Crippen molar-refractivity contribution in [2.24, 2.45) is 11.8 Å². The molecule has 1 saturated carbocycles. The monoisotopic (exact) mass is 286 g/mol. The molecule has 0 heterocycles. The van der Waals surface area contributed by atoms with Gasteiger partial charge in [0.2, 0.25) is 0 Å². The largest absolute Gasteiger partial charge is 0.271 e. The summed E-state index contributed by atoms with van der Waals surface area (Å²) in [5, 5.41) is 0. The van der Waals surface area contributed by atoms with E-state index in [2.05, 4.69) is 21.4 Å². The van der Waals surface area contributed by atoms with Crippen molar-refractivity contribution >= 4 is 15.9 Å². The Morgan fingerprint density at radius 1 is 1.44 bits per heavy atom. The fraction of sp³-hybridized carbons (Fsp3) is 0.500. The molecule has 0 spiro atoms. The highest BCUT2D eigenvalue weighted by molar-refractivity contribution is 9.10. The molecule has 1 aromatic carbocycles. The number of hydrogen-bond acceptors (Lipinski definition) is 2. The van der Waals surface area contributed by atoms with E-state index in [4.69, 9.17) is 5.84 Å². The number of nitrogens with two attached hydrogens (primary N) is 1. The quantitative estimate of drug-likeness (QED) is 0.659. The Labute approximate surface area is 104 Å². The Morgan fingerprint density at radius 2 is 2.19 bits per heavy atom. The molecule has 0 saturated heterocycles. The highest BCUT2D eigenvalue weighted by Gasteiger charge is 2.22. The second-order valence-corrected chi connectivity index (χ2v) is 5.37. The zero-order valence-corrected chi connectivity index (χ0v) is 10.6. The Balaban J connectivity index is 2.11. The maximum absolute atomic E-state index is 13.3. The average molecular weight is 287 g/mol. The lowest BCUT2D eigenvalue weighted by atomic mass is 9.80. The SMILES string of the molecule is NNC(CC1CCC1)c1cc(F)cc(Br)c1. The van der Waals surface area contributed by atoms with Crippen LogP contribution in [0, 0.1) is 11.7 Å². The number of hydrogen-bond donors (Lipinski definition) is 2. The number of halogens is 2. The predicted octanol–water partition coefficient (Wildman–Crippen LogP) is 3.28. The van der Waals surface area contributed by atoms with Gasteiger partial charge in [-0.1, -0.05) is 35.2 Å². The van der Waals surface area contributed by atoms with Gasteiger partial charge in [0, 0.05) is 10.5 Å². The van der Waals surface area contributed by atoms with Crippen molar-refractivity contribution in [1.29, 1.82) is 0 Å². The number of benzene rings is 1. The summed E-state index contributed by atoms with van der Waals surface area (Å²) >= 11 is 3.30. The third-order valence-corrected chi connectivity index (χ3v) is 3.74. The van der Waals surface area contributed by atoms with Gasteiger partial charge in [-0.05, 0) is 36.1 Å².